The van der Waals surface area contributed by atoms with Crippen LogP contribution in [0, 0.1) is 6.92 Å². The van der Waals surface area contributed by atoms with Crippen molar-refractivity contribution in [2.75, 3.05) is 0 Å². The number of aromatic nitrogens is 1. The molecule has 2 heteroatoms. The topological polar surface area (TPSA) is 26.0 Å². The first-order chi connectivity index (χ1) is 2.89. The molecule has 0 saturated carbocycles. The van der Waals surface area contributed by atoms with Crippen LogP contribution in [-0.4, -0.2) is 5.16 Å². The maximum atomic E-state index is 4.58. The van der Waals surface area contributed by atoms with E-state index >= 15 is 0 Å². The van der Waals surface area contributed by atoms with Gasteiger partial charge in [-0.1, -0.05) is 5.16 Å². The first-order valence-corrected chi connectivity index (χ1v) is 1.77. The van der Waals surface area contributed by atoms with Gasteiger partial charge >= 0.3 is 1.43 Å². The lowest BCUT2D eigenvalue weighted by atomic mass is 10.5. The summed E-state index contributed by atoms with van der Waals surface area (Å²) in [6, 6.07) is 1.81. The summed E-state index contributed by atoms with van der Waals surface area (Å²) in [4.78, 5) is 0. The van der Waals surface area contributed by atoms with Crippen molar-refractivity contribution in [3.63, 3.8) is 0 Å². The summed E-state index contributed by atoms with van der Waals surface area (Å²) in [7, 11) is 0. The van der Waals surface area contributed by atoms with E-state index < -0.39 is 0 Å². The smallest absolute Gasteiger partial charge is 0.362 e. The molecule has 1 rings (SSSR count). The summed E-state index contributed by atoms with van der Waals surface area (Å²) in [5, 5.41) is 3.45. The van der Waals surface area contributed by atoms with Gasteiger partial charge in [0, 0.05) is 6.07 Å². The SMILES string of the molecule is Cc1ccno1.[H+]. The van der Waals surface area contributed by atoms with Crippen LogP contribution >= 0.6 is 0 Å². The largest absolute Gasteiger partial charge is 1.00 e. The molecule has 0 saturated heterocycles. The molecule has 2 nitrogen and oxygen atoms in total. The van der Waals surface area contributed by atoms with E-state index in [9.17, 15) is 0 Å². The van der Waals surface area contributed by atoms with Crippen molar-refractivity contribution in [3.05, 3.63) is 18.0 Å². The lowest BCUT2D eigenvalue weighted by molar-refractivity contribution is 0.397. The van der Waals surface area contributed by atoms with Gasteiger partial charge in [0.2, 0.25) is 0 Å². The molecule has 0 amide bonds. The number of nitrogens with zero attached hydrogens (tertiary/aromatic N) is 1. The number of hydrogen-bond acceptors (Lipinski definition) is 2. The van der Waals surface area contributed by atoms with Crippen LogP contribution in [0.2, 0.25) is 0 Å². The van der Waals surface area contributed by atoms with Crippen LogP contribution in [0.4, 0.5) is 0 Å². The zero-order valence-corrected chi connectivity index (χ0v) is 3.51. The highest BCUT2D eigenvalue weighted by atomic mass is 16.5. The molecule has 0 radical (unpaired) electrons. The van der Waals surface area contributed by atoms with Gasteiger partial charge in [-0.2, -0.15) is 0 Å². The quantitative estimate of drug-likeness (QED) is 0.470. The maximum Gasteiger partial charge on any atom is 1.00 e. The monoisotopic (exact) mass is 84.0 g/mol. The molecule has 0 aliphatic rings. The van der Waals surface area contributed by atoms with Gasteiger partial charge in [0.25, 0.3) is 0 Å². The van der Waals surface area contributed by atoms with Crippen LogP contribution in [0.15, 0.2) is 16.8 Å². The highest BCUT2D eigenvalue weighted by molar-refractivity contribution is 4.87. The average molecular weight is 84.1 g/mol. The van der Waals surface area contributed by atoms with E-state index in [0.29, 0.717) is 0 Å². The highest BCUT2D eigenvalue weighted by Gasteiger charge is 1.78. The minimum absolute atomic E-state index is 0. The van der Waals surface area contributed by atoms with E-state index in [1.165, 1.54) is 0 Å². The van der Waals surface area contributed by atoms with Gasteiger partial charge in [-0.05, 0) is 6.92 Å². The Kier molecular flexibility index (Phi) is 0.638. The summed E-state index contributed by atoms with van der Waals surface area (Å²) >= 11 is 0. The van der Waals surface area contributed by atoms with Crippen molar-refractivity contribution in [2.45, 2.75) is 6.92 Å². The molecular formula is C4H6NO+. The molecule has 1 heterocycles. The first kappa shape index (κ1) is 3.40. The van der Waals surface area contributed by atoms with Gasteiger partial charge in [0.1, 0.15) is 5.76 Å². The Morgan fingerprint density at radius 3 is 3.00 bits per heavy atom. The third kappa shape index (κ3) is 0.407. The molecule has 6 heavy (non-hydrogen) atoms. The third-order valence-electron chi connectivity index (χ3n) is 0.567. The normalized spacial score (nSPS) is 8.83. The van der Waals surface area contributed by atoms with Crippen LogP contribution in [0.5, 0.6) is 0 Å². The van der Waals surface area contributed by atoms with Crippen molar-refractivity contribution in [3.8, 4) is 0 Å². The minimum atomic E-state index is 0. The van der Waals surface area contributed by atoms with Crippen LogP contribution in [0.3, 0.4) is 0 Å². The fraction of sp³-hybridized carbons (Fsp3) is 0.250. The Morgan fingerprint density at radius 2 is 2.83 bits per heavy atom. The van der Waals surface area contributed by atoms with Gasteiger partial charge in [-0.15, -0.1) is 0 Å². The second-order valence-corrected chi connectivity index (χ2v) is 1.12. The van der Waals surface area contributed by atoms with E-state index in [1.54, 1.807) is 12.3 Å². The zero-order valence-electron chi connectivity index (χ0n) is 4.51. The minimum Gasteiger partial charge on any atom is -0.362 e. The van der Waals surface area contributed by atoms with E-state index in [4.69, 9.17) is 0 Å². The van der Waals surface area contributed by atoms with E-state index in [2.05, 4.69) is 9.68 Å². The Hall–Kier alpha value is -0.790. The average Bonchev–Trinajstić information content (AvgIpc) is 1.86. The standard InChI is InChI=1S/C4H5NO/c1-4-2-3-5-6-4/h2-3H,1H3/p+1. The third-order valence-corrected chi connectivity index (χ3v) is 0.567. The molecule has 0 unspecified atom stereocenters. The molecule has 0 atom stereocenters. The van der Waals surface area contributed by atoms with E-state index in [1.807, 2.05) is 6.92 Å². The Bertz CT molecular complexity index is 115. The van der Waals surface area contributed by atoms with Crippen molar-refractivity contribution < 1.29 is 5.95 Å². The molecule has 1 aromatic rings. The highest BCUT2D eigenvalue weighted by Crippen LogP contribution is 1.88. The van der Waals surface area contributed by atoms with E-state index in [-0.39, 0.29) is 1.43 Å². The number of hydrogen-bond donors (Lipinski definition) is 0. The Morgan fingerprint density at radius 1 is 2.00 bits per heavy atom. The van der Waals surface area contributed by atoms with Gasteiger partial charge in [0.05, 0.1) is 6.20 Å². The Labute approximate surface area is 37.2 Å². The summed E-state index contributed by atoms with van der Waals surface area (Å²) in [5.41, 5.74) is 0. The number of aryl methyl sites for hydroxylation is 1. The predicted molar refractivity (Wildman–Crippen MR) is 22.4 cm³/mol. The van der Waals surface area contributed by atoms with Crippen molar-refractivity contribution in [2.24, 2.45) is 0 Å². The number of rotatable bonds is 0. The molecule has 0 spiro atoms. The first-order valence-electron chi connectivity index (χ1n) is 1.77. The fourth-order valence-corrected chi connectivity index (χ4v) is 0.279. The molecule has 0 bridgehead atoms. The van der Waals surface area contributed by atoms with Crippen LogP contribution in [0.25, 0.3) is 0 Å². The van der Waals surface area contributed by atoms with E-state index in [0.717, 1.165) is 5.76 Å². The summed E-state index contributed by atoms with van der Waals surface area (Å²) in [6.07, 6.45) is 1.62. The van der Waals surface area contributed by atoms with Gasteiger partial charge in [-0.3, -0.25) is 0 Å². The van der Waals surface area contributed by atoms with Crippen LogP contribution in [-0.2, 0) is 0 Å². The molecule has 0 fully saturated rings. The van der Waals surface area contributed by atoms with Gasteiger partial charge in [0.15, 0.2) is 0 Å². The molecule has 0 aliphatic heterocycles. The lowest BCUT2D eigenvalue weighted by Gasteiger charge is -1.65. The van der Waals surface area contributed by atoms with Crippen LogP contribution < -0.4 is 0 Å². The summed E-state index contributed by atoms with van der Waals surface area (Å²) in [5.74, 6) is 0.856. The van der Waals surface area contributed by atoms with Gasteiger partial charge < -0.3 is 4.52 Å². The van der Waals surface area contributed by atoms with Crippen molar-refractivity contribution in [1.29, 1.82) is 0 Å². The summed E-state index contributed by atoms with van der Waals surface area (Å²) < 4.78 is 4.58. The summed E-state index contributed by atoms with van der Waals surface area (Å²) in [6.45, 7) is 1.85. The zero-order chi connectivity index (χ0) is 4.41. The Balaban J connectivity index is 0.000000360. The van der Waals surface area contributed by atoms with Crippen molar-refractivity contribution in [1.82, 2.24) is 5.16 Å². The molecule has 0 aromatic carbocycles. The van der Waals surface area contributed by atoms with Crippen LogP contribution in [0.1, 0.15) is 7.19 Å². The molecule has 32 valence electrons. The molecule has 0 aliphatic carbocycles. The molecular weight excluding hydrogens is 78.0 g/mol. The maximum absolute atomic E-state index is 4.58. The molecule has 0 N–H and O–H groups in total. The van der Waals surface area contributed by atoms with Gasteiger partial charge in [-0.25, -0.2) is 0 Å². The van der Waals surface area contributed by atoms with Crippen molar-refractivity contribution >= 4 is 0 Å². The second kappa shape index (κ2) is 1.12. The second-order valence-electron chi connectivity index (χ2n) is 1.12. The fourth-order valence-electron chi connectivity index (χ4n) is 0.279. The predicted octanol–water partition coefficient (Wildman–Crippen LogP) is 1.10. The molecule has 1 aromatic heterocycles. The lowest BCUT2D eigenvalue weighted by Crippen LogP contribution is -1.50.